The van der Waals surface area contributed by atoms with Crippen LogP contribution in [0.15, 0.2) is 42.5 Å². The molecule has 2 amide bonds. The number of rotatable bonds is 4. The van der Waals surface area contributed by atoms with Gasteiger partial charge in [-0.1, -0.05) is 18.2 Å². The Kier molecular flexibility index (Phi) is 4.05. The van der Waals surface area contributed by atoms with E-state index in [0.717, 1.165) is 11.6 Å². The fraction of sp³-hybridized carbons (Fsp3) is 0.0714. The summed E-state index contributed by atoms with van der Waals surface area (Å²) < 4.78 is 12.9. The monoisotopic (exact) mass is 273 g/mol. The van der Waals surface area contributed by atoms with Gasteiger partial charge < -0.3 is 11.1 Å². The maximum Gasteiger partial charge on any atom is 0.274 e. The predicted octanol–water partition coefficient (Wildman–Crippen LogP) is 1.50. The molecule has 6 heteroatoms. The van der Waals surface area contributed by atoms with Crippen molar-refractivity contribution in [2.24, 2.45) is 5.73 Å². The Labute approximate surface area is 114 Å². The van der Waals surface area contributed by atoms with Gasteiger partial charge in [-0.15, -0.1) is 0 Å². The molecule has 102 valence electrons. The van der Waals surface area contributed by atoms with E-state index in [-0.39, 0.29) is 12.1 Å². The zero-order valence-electron chi connectivity index (χ0n) is 10.5. The van der Waals surface area contributed by atoms with Crippen LogP contribution in [0.1, 0.15) is 16.1 Å². The predicted molar refractivity (Wildman–Crippen MR) is 71.5 cm³/mol. The average Bonchev–Trinajstić information content (AvgIpc) is 2.40. The van der Waals surface area contributed by atoms with Crippen LogP contribution in [0.4, 0.5) is 10.1 Å². The Hall–Kier alpha value is -2.76. The molecular formula is C14H12FN3O2. The van der Waals surface area contributed by atoms with Gasteiger partial charge in [-0.2, -0.15) is 4.39 Å². The summed E-state index contributed by atoms with van der Waals surface area (Å²) in [6.07, 6.45) is 0.139. The quantitative estimate of drug-likeness (QED) is 0.828. The first-order valence-corrected chi connectivity index (χ1v) is 5.86. The van der Waals surface area contributed by atoms with Gasteiger partial charge in [0, 0.05) is 5.69 Å². The molecular weight excluding hydrogens is 261 g/mol. The Balaban J connectivity index is 2.06. The van der Waals surface area contributed by atoms with E-state index in [4.69, 9.17) is 5.73 Å². The van der Waals surface area contributed by atoms with Crippen molar-refractivity contribution in [1.82, 2.24) is 4.98 Å². The van der Waals surface area contributed by atoms with Gasteiger partial charge in [0.15, 0.2) is 0 Å². The van der Waals surface area contributed by atoms with Crippen molar-refractivity contribution in [1.29, 1.82) is 0 Å². The van der Waals surface area contributed by atoms with Crippen LogP contribution in [-0.2, 0) is 11.2 Å². The van der Waals surface area contributed by atoms with Gasteiger partial charge in [0.2, 0.25) is 11.9 Å². The number of aromatic nitrogens is 1. The summed E-state index contributed by atoms with van der Waals surface area (Å²) in [7, 11) is 0. The van der Waals surface area contributed by atoms with E-state index < -0.39 is 17.8 Å². The van der Waals surface area contributed by atoms with E-state index in [1.807, 2.05) is 0 Å². The Morgan fingerprint density at radius 2 is 1.85 bits per heavy atom. The van der Waals surface area contributed by atoms with E-state index in [1.165, 1.54) is 12.1 Å². The Morgan fingerprint density at radius 1 is 1.15 bits per heavy atom. The number of pyridine rings is 1. The fourth-order valence-corrected chi connectivity index (χ4v) is 1.64. The molecule has 1 heterocycles. The highest BCUT2D eigenvalue weighted by atomic mass is 19.1. The number of primary amides is 1. The molecule has 0 aliphatic carbocycles. The number of carbonyl (C=O) groups is 2. The molecule has 5 nitrogen and oxygen atoms in total. The summed E-state index contributed by atoms with van der Waals surface area (Å²) in [4.78, 5) is 26.1. The molecule has 2 rings (SSSR count). The lowest BCUT2D eigenvalue weighted by Gasteiger charge is -2.05. The van der Waals surface area contributed by atoms with Gasteiger partial charge in [0.25, 0.3) is 5.91 Å². The molecule has 0 aliphatic heterocycles. The van der Waals surface area contributed by atoms with Crippen molar-refractivity contribution < 1.29 is 14.0 Å². The number of halogens is 1. The zero-order valence-corrected chi connectivity index (χ0v) is 10.5. The third kappa shape index (κ3) is 3.61. The van der Waals surface area contributed by atoms with Crippen LogP contribution < -0.4 is 11.1 Å². The summed E-state index contributed by atoms with van der Waals surface area (Å²) in [5.74, 6) is -1.65. The minimum atomic E-state index is -0.713. The number of amides is 2. The topological polar surface area (TPSA) is 85.1 Å². The standard InChI is InChI=1S/C14H12FN3O2/c15-12-3-1-2-11(18-12)14(20)17-10-6-4-9(5-7-10)8-13(16)19/h1-7H,8H2,(H2,16,19)(H,17,20). The lowest BCUT2D eigenvalue weighted by molar-refractivity contribution is -0.117. The van der Waals surface area contributed by atoms with Crippen LogP contribution in [0.3, 0.4) is 0 Å². The maximum atomic E-state index is 12.9. The number of nitrogens with one attached hydrogen (secondary N) is 1. The molecule has 20 heavy (non-hydrogen) atoms. The van der Waals surface area contributed by atoms with Crippen molar-refractivity contribution in [3.8, 4) is 0 Å². The summed E-state index contributed by atoms with van der Waals surface area (Å²) in [6, 6.07) is 10.6. The van der Waals surface area contributed by atoms with E-state index in [0.29, 0.717) is 5.69 Å². The van der Waals surface area contributed by atoms with Gasteiger partial charge in [0.05, 0.1) is 6.42 Å². The van der Waals surface area contributed by atoms with Gasteiger partial charge in [-0.25, -0.2) is 4.98 Å². The molecule has 0 bridgehead atoms. The molecule has 0 unspecified atom stereocenters. The number of nitrogens with zero attached hydrogens (tertiary/aromatic N) is 1. The zero-order chi connectivity index (χ0) is 14.5. The largest absolute Gasteiger partial charge is 0.369 e. The highest BCUT2D eigenvalue weighted by Gasteiger charge is 2.08. The minimum absolute atomic E-state index is 0.00814. The van der Waals surface area contributed by atoms with Crippen LogP contribution >= 0.6 is 0 Å². The molecule has 2 aromatic rings. The van der Waals surface area contributed by atoms with Gasteiger partial charge in [0.1, 0.15) is 5.69 Å². The second-order valence-electron chi connectivity index (χ2n) is 4.14. The Bertz CT molecular complexity index is 641. The molecule has 3 N–H and O–H groups in total. The normalized spacial score (nSPS) is 10.1. The number of benzene rings is 1. The summed E-state index contributed by atoms with van der Waals surface area (Å²) in [6.45, 7) is 0. The van der Waals surface area contributed by atoms with Gasteiger partial charge in [-0.3, -0.25) is 9.59 Å². The molecule has 0 radical (unpaired) electrons. The average molecular weight is 273 g/mol. The van der Waals surface area contributed by atoms with Crippen LogP contribution in [0.2, 0.25) is 0 Å². The molecule has 1 aromatic carbocycles. The number of anilines is 1. The van der Waals surface area contributed by atoms with E-state index in [9.17, 15) is 14.0 Å². The van der Waals surface area contributed by atoms with Crippen LogP contribution in [-0.4, -0.2) is 16.8 Å². The highest BCUT2D eigenvalue weighted by molar-refractivity contribution is 6.02. The van der Waals surface area contributed by atoms with Crippen molar-refractivity contribution >= 4 is 17.5 Å². The summed E-state index contributed by atoms with van der Waals surface area (Å²) in [5, 5.41) is 2.58. The highest BCUT2D eigenvalue weighted by Crippen LogP contribution is 2.11. The minimum Gasteiger partial charge on any atom is -0.369 e. The first kappa shape index (κ1) is 13.7. The van der Waals surface area contributed by atoms with Crippen molar-refractivity contribution in [3.63, 3.8) is 0 Å². The van der Waals surface area contributed by atoms with Gasteiger partial charge >= 0.3 is 0 Å². The van der Waals surface area contributed by atoms with E-state index >= 15 is 0 Å². The molecule has 0 aliphatic rings. The van der Waals surface area contributed by atoms with Crippen molar-refractivity contribution in [2.75, 3.05) is 5.32 Å². The van der Waals surface area contributed by atoms with E-state index in [2.05, 4.69) is 10.3 Å². The third-order valence-corrected chi connectivity index (χ3v) is 2.54. The number of hydrogen-bond acceptors (Lipinski definition) is 3. The first-order chi connectivity index (χ1) is 9.54. The number of hydrogen-bond donors (Lipinski definition) is 2. The molecule has 1 aromatic heterocycles. The van der Waals surface area contributed by atoms with Crippen molar-refractivity contribution in [3.05, 3.63) is 59.7 Å². The van der Waals surface area contributed by atoms with Gasteiger partial charge in [-0.05, 0) is 29.8 Å². The van der Waals surface area contributed by atoms with Crippen LogP contribution in [0.5, 0.6) is 0 Å². The second-order valence-corrected chi connectivity index (χ2v) is 4.14. The number of nitrogens with two attached hydrogens (primary N) is 1. The summed E-state index contributed by atoms with van der Waals surface area (Å²) in [5.41, 5.74) is 6.34. The maximum absolute atomic E-state index is 12.9. The smallest absolute Gasteiger partial charge is 0.274 e. The van der Waals surface area contributed by atoms with Crippen LogP contribution in [0.25, 0.3) is 0 Å². The van der Waals surface area contributed by atoms with Crippen molar-refractivity contribution in [2.45, 2.75) is 6.42 Å². The second kappa shape index (κ2) is 5.92. The molecule has 0 saturated carbocycles. The third-order valence-electron chi connectivity index (χ3n) is 2.54. The number of carbonyl (C=O) groups excluding carboxylic acids is 2. The molecule has 0 atom stereocenters. The lowest BCUT2D eigenvalue weighted by atomic mass is 10.1. The van der Waals surface area contributed by atoms with E-state index in [1.54, 1.807) is 24.3 Å². The SMILES string of the molecule is NC(=O)Cc1ccc(NC(=O)c2cccc(F)n2)cc1. The fourth-order valence-electron chi connectivity index (χ4n) is 1.64. The summed E-state index contributed by atoms with van der Waals surface area (Å²) >= 11 is 0. The molecule has 0 saturated heterocycles. The molecule has 0 fully saturated rings. The first-order valence-electron chi connectivity index (χ1n) is 5.86. The van der Waals surface area contributed by atoms with Crippen LogP contribution in [0, 0.1) is 5.95 Å². The molecule has 0 spiro atoms. The lowest BCUT2D eigenvalue weighted by Crippen LogP contribution is -2.15. The Morgan fingerprint density at radius 3 is 2.45 bits per heavy atom.